The summed E-state index contributed by atoms with van der Waals surface area (Å²) >= 11 is 0. The fourth-order valence-electron chi connectivity index (χ4n) is 2.16. The highest BCUT2D eigenvalue weighted by Gasteiger charge is 2.25. The maximum atomic E-state index is 5.60. The summed E-state index contributed by atoms with van der Waals surface area (Å²) in [6, 6.07) is 1.73. The van der Waals surface area contributed by atoms with Gasteiger partial charge in [0.15, 0.2) is 0 Å². The molecule has 0 aliphatic heterocycles. The van der Waals surface area contributed by atoms with Crippen molar-refractivity contribution < 1.29 is 4.42 Å². The molecule has 2 N–H and O–H groups in total. The third-order valence-electron chi connectivity index (χ3n) is 3.72. The fraction of sp³-hybridized carbons (Fsp3) is 0.846. The molecule has 2 saturated carbocycles. The zero-order chi connectivity index (χ0) is 12.4. The van der Waals surface area contributed by atoms with Crippen LogP contribution in [0, 0.1) is 5.92 Å². The molecule has 18 heavy (non-hydrogen) atoms. The van der Waals surface area contributed by atoms with Gasteiger partial charge in [-0.05, 0) is 31.6 Å². The molecular weight excluding hydrogens is 228 g/mol. The lowest BCUT2D eigenvalue weighted by atomic mass is 10.1. The summed E-state index contributed by atoms with van der Waals surface area (Å²) in [5.74, 6) is 1.60. The summed E-state index contributed by atoms with van der Waals surface area (Å²) in [4.78, 5) is 0. The van der Waals surface area contributed by atoms with Gasteiger partial charge in [-0.2, -0.15) is 0 Å². The average molecular weight is 250 g/mol. The number of hydrogen-bond donors (Lipinski definition) is 2. The maximum absolute atomic E-state index is 5.60. The SMILES string of the molecule is CCC(CC1CC1)Nc1nnc(CNC2CC2)o1. The summed E-state index contributed by atoms with van der Waals surface area (Å²) in [7, 11) is 0. The summed E-state index contributed by atoms with van der Waals surface area (Å²) in [5, 5.41) is 14.8. The highest BCUT2D eigenvalue weighted by atomic mass is 16.4. The lowest BCUT2D eigenvalue weighted by Crippen LogP contribution is -2.19. The van der Waals surface area contributed by atoms with Gasteiger partial charge >= 0.3 is 6.01 Å². The van der Waals surface area contributed by atoms with E-state index in [1.54, 1.807) is 0 Å². The van der Waals surface area contributed by atoms with Gasteiger partial charge in [0.1, 0.15) is 0 Å². The van der Waals surface area contributed by atoms with Crippen LogP contribution in [0.1, 0.15) is 51.3 Å². The number of nitrogens with one attached hydrogen (secondary N) is 2. The second-order valence-electron chi connectivity index (χ2n) is 5.58. The molecule has 1 unspecified atom stereocenters. The van der Waals surface area contributed by atoms with E-state index in [1.165, 1.54) is 32.1 Å². The van der Waals surface area contributed by atoms with Crippen molar-refractivity contribution in [1.29, 1.82) is 0 Å². The van der Waals surface area contributed by atoms with Gasteiger partial charge in [-0.1, -0.05) is 24.9 Å². The fourth-order valence-corrected chi connectivity index (χ4v) is 2.16. The minimum atomic E-state index is 0.474. The Morgan fingerprint density at radius 1 is 1.28 bits per heavy atom. The molecule has 0 spiro atoms. The Labute approximate surface area is 108 Å². The van der Waals surface area contributed by atoms with Crippen molar-refractivity contribution in [2.24, 2.45) is 5.92 Å². The van der Waals surface area contributed by atoms with E-state index in [9.17, 15) is 0 Å². The van der Waals surface area contributed by atoms with E-state index in [4.69, 9.17) is 4.42 Å². The predicted molar refractivity (Wildman–Crippen MR) is 69.2 cm³/mol. The number of nitrogens with zero attached hydrogens (tertiary/aromatic N) is 2. The molecule has 1 atom stereocenters. The van der Waals surface area contributed by atoms with Gasteiger partial charge in [0.05, 0.1) is 6.54 Å². The maximum Gasteiger partial charge on any atom is 0.315 e. The highest BCUT2D eigenvalue weighted by Crippen LogP contribution is 2.34. The first-order valence-corrected chi connectivity index (χ1v) is 7.15. The van der Waals surface area contributed by atoms with E-state index in [0.717, 1.165) is 12.3 Å². The standard InChI is InChI=1S/C13H22N4O/c1-2-10(7-9-3-4-9)15-13-17-16-12(18-13)8-14-11-5-6-11/h9-11,14H,2-8H2,1H3,(H,15,17). The molecule has 3 rings (SSSR count). The Morgan fingerprint density at radius 2 is 2.11 bits per heavy atom. The topological polar surface area (TPSA) is 63.0 Å². The summed E-state index contributed by atoms with van der Waals surface area (Å²) < 4.78 is 5.60. The summed E-state index contributed by atoms with van der Waals surface area (Å²) in [6.45, 7) is 2.89. The molecule has 5 heteroatoms. The van der Waals surface area contributed by atoms with E-state index < -0.39 is 0 Å². The Morgan fingerprint density at radius 3 is 2.78 bits per heavy atom. The molecule has 5 nitrogen and oxygen atoms in total. The molecule has 1 heterocycles. The second kappa shape index (κ2) is 5.26. The van der Waals surface area contributed by atoms with Crippen molar-refractivity contribution in [2.45, 2.75) is 64.1 Å². The van der Waals surface area contributed by atoms with Crippen molar-refractivity contribution in [1.82, 2.24) is 15.5 Å². The molecule has 1 aromatic rings. The minimum absolute atomic E-state index is 0.474. The van der Waals surface area contributed by atoms with Crippen molar-refractivity contribution >= 4 is 6.01 Å². The number of hydrogen-bond acceptors (Lipinski definition) is 5. The lowest BCUT2D eigenvalue weighted by molar-refractivity contribution is 0.465. The van der Waals surface area contributed by atoms with Gasteiger partial charge in [0.2, 0.25) is 5.89 Å². The molecule has 0 radical (unpaired) electrons. The number of rotatable bonds is 8. The Hall–Kier alpha value is -1.10. The molecule has 0 saturated heterocycles. The molecular formula is C13H22N4O. The predicted octanol–water partition coefficient (Wildman–Crippen LogP) is 2.31. The van der Waals surface area contributed by atoms with Crippen molar-refractivity contribution in [3.8, 4) is 0 Å². The smallest absolute Gasteiger partial charge is 0.315 e. The molecule has 2 fully saturated rings. The van der Waals surface area contributed by atoms with Crippen LogP contribution in [-0.2, 0) is 6.54 Å². The molecule has 0 bridgehead atoms. The minimum Gasteiger partial charge on any atom is -0.407 e. The van der Waals surface area contributed by atoms with Gasteiger partial charge in [0, 0.05) is 12.1 Å². The molecule has 2 aliphatic carbocycles. The van der Waals surface area contributed by atoms with E-state index in [2.05, 4.69) is 27.8 Å². The summed E-state index contributed by atoms with van der Waals surface area (Å²) in [5.41, 5.74) is 0. The molecule has 1 aromatic heterocycles. The van der Waals surface area contributed by atoms with Crippen LogP contribution in [0.15, 0.2) is 4.42 Å². The third-order valence-corrected chi connectivity index (χ3v) is 3.72. The van der Waals surface area contributed by atoms with Crippen LogP contribution >= 0.6 is 0 Å². The van der Waals surface area contributed by atoms with E-state index in [1.807, 2.05) is 0 Å². The van der Waals surface area contributed by atoms with E-state index in [0.29, 0.717) is 30.5 Å². The molecule has 100 valence electrons. The quantitative estimate of drug-likeness (QED) is 0.741. The zero-order valence-electron chi connectivity index (χ0n) is 11.0. The Kier molecular flexibility index (Phi) is 3.50. The normalized spacial score (nSPS) is 20.9. The largest absolute Gasteiger partial charge is 0.407 e. The average Bonchev–Trinajstić information content (AvgIpc) is 3.28. The van der Waals surface area contributed by atoms with Crippen LogP contribution in [0.2, 0.25) is 0 Å². The molecule has 0 amide bonds. The highest BCUT2D eigenvalue weighted by molar-refractivity contribution is 5.19. The van der Waals surface area contributed by atoms with Gasteiger partial charge in [-0.3, -0.25) is 0 Å². The first-order chi connectivity index (χ1) is 8.83. The summed E-state index contributed by atoms with van der Waals surface area (Å²) in [6.07, 6.45) is 7.66. The van der Waals surface area contributed by atoms with Crippen molar-refractivity contribution in [3.63, 3.8) is 0 Å². The number of aromatic nitrogens is 2. The lowest BCUT2D eigenvalue weighted by Gasteiger charge is -2.14. The van der Waals surface area contributed by atoms with E-state index in [-0.39, 0.29) is 0 Å². The van der Waals surface area contributed by atoms with Crippen LogP contribution < -0.4 is 10.6 Å². The second-order valence-corrected chi connectivity index (χ2v) is 5.58. The molecule has 0 aromatic carbocycles. The zero-order valence-corrected chi connectivity index (χ0v) is 11.0. The van der Waals surface area contributed by atoms with Crippen molar-refractivity contribution in [2.75, 3.05) is 5.32 Å². The monoisotopic (exact) mass is 250 g/mol. The Bertz CT molecular complexity index is 384. The Balaban J connectivity index is 1.47. The first-order valence-electron chi connectivity index (χ1n) is 7.15. The molecule has 2 aliphatic rings. The van der Waals surface area contributed by atoms with Gasteiger partial charge < -0.3 is 15.1 Å². The van der Waals surface area contributed by atoms with Crippen LogP contribution in [0.4, 0.5) is 6.01 Å². The van der Waals surface area contributed by atoms with Crippen LogP contribution in [0.3, 0.4) is 0 Å². The number of anilines is 1. The van der Waals surface area contributed by atoms with Crippen molar-refractivity contribution in [3.05, 3.63) is 5.89 Å². The van der Waals surface area contributed by atoms with Crippen LogP contribution in [0.5, 0.6) is 0 Å². The van der Waals surface area contributed by atoms with Gasteiger partial charge in [0.25, 0.3) is 0 Å². The van der Waals surface area contributed by atoms with Gasteiger partial charge in [-0.25, -0.2) is 0 Å². The third kappa shape index (κ3) is 3.45. The van der Waals surface area contributed by atoms with Gasteiger partial charge in [-0.15, -0.1) is 5.10 Å². The van der Waals surface area contributed by atoms with E-state index >= 15 is 0 Å². The van der Waals surface area contributed by atoms with Crippen LogP contribution in [-0.4, -0.2) is 22.3 Å². The van der Waals surface area contributed by atoms with Crippen LogP contribution in [0.25, 0.3) is 0 Å². The first kappa shape index (κ1) is 12.0.